The van der Waals surface area contributed by atoms with Gasteiger partial charge in [0.1, 0.15) is 0 Å². The molecule has 0 saturated heterocycles. The van der Waals surface area contributed by atoms with Gasteiger partial charge in [0, 0.05) is 8.95 Å². The molecule has 0 atom stereocenters. The molecule has 0 aliphatic carbocycles. The first-order valence-electron chi connectivity index (χ1n) is 4.64. The average Bonchev–Trinajstić information content (AvgIpc) is 2.13. The highest BCUT2D eigenvalue weighted by atomic mass is 79.9. The highest BCUT2D eigenvalue weighted by molar-refractivity contribution is 9.13. The van der Waals surface area contributed by atoms with Gasteiger partial charge in [-0.15, -0.1) is 0 Å². The van der Waals surface area contributed by atoms with E-state index in [1.54, 1.807) is 6.92 Å². The van der Waals surface area contributed by atoms with Gasteiger partial charge in [-0.25, -0.2) is 0 Å². The van der Waals surface area contributed by atoms with E-state index in [0.29, 0.717) is 13.0 Å². The van der Waals surface area contributed by atoms with Crippen LogP contribution in [0.5, 0.6) is 0 Å². The summed E-state index contributed by atoms with van der Waals surface area (Å²) in [6, 6.07) is 3.98. The summed E-state index contributed by atoms with van der Waals surface area (Å²) >= 11 is 6.87. The molecule has 1 rings (SSSR count). The zero-order chi connectivity index (χ0) is 11.4. The molecule has 0 bridgehead atoms. The summed E-state index contributed by atoms with van der Waals surface area (Å²) < 4.78 is 6.78. The standard InChI is InChI=1S/C11H12Br2O2/c1-3-15-10(14)6-8-4-7(2)5-9(12)11(8)13/h4-5H,3,6H2,1-2H3. The monoisotopic (exact) mass is 334 g/mol. The van der Waals surface area contributed by atoms with Crippen LogP contribution < -0.4 is 0 Å². The van der Waals surface area contributed by atoms with E-state index in [1.165, 1.54) is 0 Å². The van der Waals surface area contributed by atoms with Gasteiger partial charge in [0.25, 0.3) is 0 Å². The van der Waals surface area contributed by atoms with Crippen molar-refractivity contribution >= 4 is 37.8 Å². The molecule has 0 amide bonds. The number of benzene rings is 1. The van der Waals surface area contributed by atoms with Gasteiger partial charge < -0.3 is 4.74 Å². The highest BCUT2D eigenvalue weighted by Gasteiger charge is 2.10. The molecule has 1 aromatic rings. The number of carbonyl (C=O) groups excluding carboxylic acids is 1. The van der Waals surface area contributed by atoms with Crippen LogP contribution >= 0.6 is 31.9 Å². The van der Waals surface area contributed by atoms with E-state index in [0.717, 1.165) is 20.1 Å². The third-order valence-electron chi connectivity index (χ3n) is 1.89. The fourth-order valence-corrected chi connectivity index (χ4v) is 2.28. The molecule has 0 heterocycles. The first-order valence-corrected chi connectivity index (χ1v) is 6.23. The lowest BCUT2D eigenvalue weighted by molar-refractivity contribution is -0.142. The minimum Gasteiger partial charge on any atom is -0.466 e. The van der Waals surface area contributed by atoms with Crippen LogP contribution in [-0.2, 0) is 16.0 Å². The van der Waals surface area contributed by atoms with Gasteiger partial charge in [0.2, 0.25) is 0 Å². The summed E-state index contributed by atoms with van der Waals surface area (Å²) in [6.07, 6.45) is 0.300. The van der Waals surface area contributed by atoms with Gasteiger partial charge in [-0.2, -0.15) is 0 Å². The van der Waals surface area contributed by atoms with Crippen molar-refractivity contribution in [3.05, 3.63) is 32.2 Å². The molecular weight excluding hydrogens is 324 g/mol. The van der Waals surface area contributed by atoms with Gasteiger partial charge in [0.15, 0.2) is 0 Å². The first kappa shape index (κ1) is 12.7. The Morgan fingerprint density at radius 2 is 2.07 bits per heavy atom. The maximum Gasteiger partial charge on any atom is 0.310 e. The molecule has 0 aliphatic rings. The van der Waals surface area contributed by atoms with Crippen molar-refractivity contribution in [2.75, 3.05) is 6.61 Å². The number of rotatable bonds is 3. The second-order valence-corrected chi connectivity index (χ2v) is 4.85. The molecule has 2 nitrogen and oxygen atoms in total. The number of halogens is 2. The second-order valence-electron chi connectivity index (χ2n) is 3.20. The molecule has 0 saturated carbocycles. The van der Waals surface area contributed by atoms with Crippen molar-refractivity contribution in [2.45, 2.75) is 20.3 Å². The summed E-state index contributed by atoms with van der Waals surface area (Å²) in [5.41, 5.74) is 2.06. The predicted molar refractivity (Wildman–Crippen MR) is 66.9 cm³/mol. The van der Waals surface area contributed by atoms with E-state index in [2.05, 4.69) is 31.9 Å². The molecule has 0 N–H and O–H groups in total. The minimum absolute atomic E-state index is 0.198. The lowest BCUT2D eigenvalue weighted by atomic mass is 10.1. The molecule has 4 heteroatoms. The Morgan fingerprint density at radius 1 is 1.40 bits per heavy atom. The molecule has 82 valence electrons. The van der Waals surface area contributed by atoms with Crippen molar-refractivity contribution < 1.29 is 9.53 Å². The average molecular weight is 336 g/mol. The quantitative estimate of drug-likeness (QED) is 0.788. The van der Waals surface area contributed by atoms with Gasteiger partial charge in [0.05, 0.1) is 13.0 Å². The van der Waals surface area contributed by atoms with Crippen molar-refractivity contribution in [2.24, 2.45) is 0 Å². The normalized spacial score (nSPS) is 10.1. The lowest BCUT2D eigenvalue weighted by Gasteiger charge is -2.07. The van der Waals surface area contributed by atoms with Crippen molar-refractivity contribution in [3.8, 4) is 0 Å². The maximum absolute atomic E-state index is 11.3. The maximum atomic E-state index is 11.3. The fraction of sp³-hybridized carbons (Fsp3) is 0.364. The minimum atomic E-state index is -0.198. The van der Waals surface area contributed by atoms with Crippen LogP contribution in [0.15, 0.2) is 21.1 Å². The van der Waals surface area contributed by atoms with Crippen molar-refractivity contribution in [3.63, 3.8) is 0 Å². The summed E-state index contributed by atoms with van der Waals surface area (Å²) in [4.78, 5) is 11.3. The third kappa shape index (κ3) is 3.61. The van der Waals surface area contributed by atoms with Gasteiger partial charge >= 0.3 is 5.97 Å². The Kier molecular flexibility index (Phi) is 4.80. The van der Waals surface area contributed by atoms with E-state index in [4.69, 9.17) is 4.74 Å². The summed E-state index contributed by atoms with van der Waals surface area (Å²) in [5, 5.41) is 0. The third-order valence-corrected chi connectivity index (χ3v) is 3.98. The molecular formula is C11H12Br2O2. The zero-order valence-electron chi connectivity index (χ0n) is 8.64. The summed E-state index contributed by atoms with van der Waals surface area (Å²) in [7, 11) is 0. The summed E-state index contributed by atoms with van der Waals surface area (Å²) in [5.74, 6) is -0.198. The van der Waals surface area contributed by atoms with Crippen LogP contribution in [0.1, 0.15) is 18.1 Å². The molecule has 0 aromatic heterocycles. The number of esters is 1. The second kappa shape index (κ2) is 5.66. The van der Waals surface area contributed by atoms with E-state index in [-0.39, 0.29) is 5.97 Å². The lowest BCUT2D eigenvalue weighted by Crippen LogP contribution is -2.08. The number of carbonyl (C=O) groups is 1. The molecule has 0 radical (unpaired) electrons. The smallest absolute Gasteiger partial charge is 0.310 e. The topological polar surface area (TPSA) is 26.3 Å². The Morgan fingerprint density at radius 3 is 2.67 bits per heavy atom. The van der Waals surface area contributed by atoms with Crippen LogP contribution in [0, 0.1) is 6.92 Å². The van der Waals surface area contributed by atoms with Gasteiger partial charge in [-0.1, -0.05) is 6.07 Å². The SMILES string of the molecule is CCOC(=O)Cc1cc(C)cc(Br)c1Br. The number of hydrogen-bond donors (Lipinski definition) is 0. The number of hydrogen-bond acceptors (Lipinski definition) is 2. The molecule has 0 unspecified atom stereocenters. The van der Waals surface area contributed by atoms with Crippen LogP contribution in [0.25, 0.3) is 0 Å². The zero-order valence-corrected chi connectivity index (χ0v) is 11.8. The number of ether oxygens (including phenoxy) is 1. The predicted octanol–water partition coefficient (Wildman–Crippen LogP) is 3.63. The first-order chi connectivity index (χ1) is 7.04. The Labute approximate surface area is 106 Å². The largest absolute Gasteiger partial charge is 0.466 e. The molecule has 0 fully saturated rings. The van der Waals surface area contributed by atoms with E-state index < -0.39 is 0 Å². The number of aryl methyl sites for hydroxylation is 1. The van der Waals surface area contributed by atoms with Gasteiger partial charge in [-0.3, -0.25) is 4.79 Å². The fourth-order valence-electron chi connectivity index (χ4n) is 1.29. The van der Waals surface area contributed by atoms with Crippen LogP contribution in [0.4, 0.5) is 0 Å². The van der Waals surface area contributed by atoms with E-state index in [9.17, 15) is 4.79 Å². The van der Waals surface area contributed by atoms with Gasteiger partial charge in [-0.05, 0) is 62.9 Å². The van der Waals surface area contributed by atoms with E-state index in [1.807, 2.05) is 19.1 Å². The van der Waals surface area contributed by atoms with Crippen molar-refractivity contribution in [1.82, 2.24) is 0 Å². The molecule has 0 aliphatic heterocycles. The Balaban J connectivity index is 2.89. The van der Waals surface area contributed by atoms with Crippen LogP contribution in [0.3, 0.4) is 0 Å². The van der Waals surface area contributed by atoms with Crippen LogP contribution in [-0.4, -0.2) is 12.6 Å². The Bertz CT molecular complexity index is 375. The van der Waals surface area contributed by atoms with Crippen molar-refractivity contribution in [1.29, 1.82) is 0 Å². The highest BCUT2D eigenvalue weighted by Crippen LogP contribution is 2.28. The molecule has 0 spiro atoms. The molecule has 15 heavy (non-hydrogen) atoms. The summed E-state index contributed by atoms with van der Waals surface area (Å²) in [6.45, 7) is 4.22. The Hall–Kier alpha value is -0.350. The van der Waals surface area contributed by atoms with Crippen LogP contribution in [0.2, 0.25) is 0 Å². The van der Waals surface area contributed by atoms with E-state index >= 15 is 0 Å². The molecule has 1 aromatic carbocycles.